The van der Waals surface area contributed by atoms with E-state index in [4.69, 9.17) is 16.3 Å². The average Bonchev–Trinajstić information content (AvgIpc) is 2.90. The Morgan fingerprint density at radius 2 is 2.15 bits per heavy atom. The Hall–Kier alpha value is -2.11. The second kappa shape index (κ2) is 5.11. The van der Waals surface area contributed by atoms with Gasteiger partial charge in [0.25, 0.3) is 0 Å². The maximum atomic E-state index is 11.2. The molecule has 0 spiro atoms. The molecule has 0 bridgehead atoms. The summed E-state index contributed by atoms with van der Waals surface area (Å²) in [5, 5.41) is 12.3. The summed E-state index contributed by atoms with van der Waals surface area (Å²) in [6.45, 7) is 0. The van der Waals surface area contributed by atoms with Gasteiger partial charge in [0.1, 0.15) is 11.3 Å². The molecule has 3 aromatic rings. The molecule has 6 heteroatoms. The molecule has 0 saturated carbocycles. The lowest BCUT2D eigenvalue weighted by atomic mass is 10.2. The Morgan fingerprint density at radius 3 is 2.95 bits per heavy atom. The highest BCUT2D eigenvalue weighted by Crippen LogP contribution is 2.33. The molecule has 0 aliphatic heterocycles. The first-order chi connectivity index (χ1) is 9.65. The second-order valence-electron chi connectivity index (χ2n) is 4.00. The van der Waals surface area contributed by atoms with Crippen molar-refractivity contribution in [3.8, 4) is 11.6 Å². The number of hydrogen-bond donors (Lipinski definition) is 1. The molecule has 0 aliphatic rings. The highest BCUT2D eigenvalue weighted by atomic mass is 35.5. The molecule has 0 unspecified atom stereocenters. The average molecular weight is 306 g/mol. The normalized spacial score (nSPS) is 10.7. The van der Waals surface area contributed by atoms with E-state index >= 15 is 0 Å². The van der Waals surface area contributed by atoms with Gasteiger partial charge in [0.2, 0.25) is 5.88 Å². The van der Waals surface area contributed by atoms with Crippen molar-refractivity contribution in [1.29, 1.82) is 0 Å². The molecule has 2 aromatic heterocycles. The number of carboxylic acid groups (broad SMARTS) is 1. The van der Waals surface area contributed by atoms with Crippen LogP contribution in [-0.4, -0.2) is 16.1 Å². The summed E-state index contributed by atoms with van der Waals surface area (Å²) >= 11 is 7.38. The van der Waals surface area contributed by atoms with Crippen molar-refractivity contribution in [3.63, 3.8) is 0 Å². The number of fused-ring (bicyclic) bond motifs is 1. The van der Waals surface area contributed by atoms with Crippen molar-refractivity contribution in [3.05, 3.63) is 52.5 Å². The number of carbonyl (C=O) groups is 1. The summed E-state index contributed by atoms with van der Waals surface area (Å²) in [5.74, 6) is -0.498. The van der Waals surface area contributed by atoms with E-state index in [1.807, 2.05) is 17.5 Å². The number of pyridine rings is 1. The van der Waals surface area contributed by atoms with Crippen LogP contribution in [0.2, 0.25) is 5.02 Å². The second-order valence-corrected chi connectivity index (χ2v) is 5.38. The Balaban J connectivity index is 2.07. The van der Waals surface area contributed by atoms with Gasteiger partial charge in [-0.25, -0.2) is 9.78 Å². The number of benzene rings is 1. The van der Waals surface area contributed by atoms with Crippen LogP contribution in [-0.2, 0) is 0 Å². The Kier molecular flexibility index (Phi) is 3.30. The summed E-state index contributed by atoms with van der Waals surface area (Å²) in [6, 6.07) is 8.23. The minimum atomic E-state index is -1.10. The monoisotopic (exact) mass is 305 g/mol. The number of carboxylic acids is 1. The van der Waals surface area contributed by atoms with E-state index in [0.717, 1.165) is 10.1 Å². The van der Waals surface area contributed by atoms with Gasteiger partial charge in [-0.15, -0.1) is 11.3 Å². The molecule has 4 nitrogen and oxygen atoms in total. The molecule has 1 aromatic carbocycles. The Morgan fingerprint density at radius 1 is 1.30 bits per heavy atom. The van der Waals surface area contributed by atoms with Gasteiger partial charge in [0.15, 0.2) is 0 Å². The van der Waals surface area contributed by atoms with Crippen LogP contribution in [0.4, 0.5) is 0 Å². The first-order valence-corrected chi connectivity index (χ1v) is 6.94. The maximum Gasteiger partial charge on any atom is 0.339 e. The zero-order chi connectivity index (χ0) is 14.1. The van der Waals surface area contributed by atoms with Crippen LogP contribution in [0.25, 0.3) is 10.1 Å². The molecule has 2 heterocycles. The number of aromatic carboxylic acids is 1. The number of hydrogen-bond acceptors (Lipinski definition) is 4. The van der Waals surface area contributed by atoms with Crippen molar-refractivity contribution in [2.75, 3.05) is 0 Å². The maximum absolute atomic E-state index is 11.2. The topological polar surface area (TPSA) is 59.4 Å². The number of halogens is 1. The lowest BCUT2D eigenvalue weighted by molar-refractivity contribution is 0.0694. The first kappa shape index (κ1) is 12.9. The predicted molar refractivity (Wildman–Crippen MR) is 78.1 cm³/mol. The summed E-state index contributed by atoms with van der Waals surface area (Å²) in [4.78, 5) is 15.4. The Bertz CT molecular complexity index is 800. The molecular formula is C14H8ClNO3S. The van der Waals surface area contributed by atoms with E-state index in [-0.39, 0.29) is 11.3 Å². The third kappa shape index (κ3) is 2.33. The molecule has 0 saturated heterocycles. The number of rotatable bonds is 3. The first-order valence-electron chi connectivity index (χ1n) is 5.68. The fraction of sp³-hybridized carbons (Fsp3) is 0. The largest absolute Gasteiger partial charge is 0.478 e. The van der Waals surface area contributed by atoms with E-state index in [1.54, 1.807) is 23.6 Å². The van der Waals surface area contributed by atoms with Gasteiger partial charge in [-0.05, 0) is 35.7 Å². The van der Waals surface area contributed by atoms with Crippen LogP contribution >= 0.6 is 22.9 Å². The van der Waals surface area contributed by atoms with Crippen molar-refractivity contribution < 1.29 is 14.6 Å². The molecule has 20 heavy (non-hydrogen) atoms. The van der Waals surface area contributed by atoms with Gasteiger partial charge < -0.3 is 9.84 Å². The SMILES string of the molecule is O=C(O)c1cc(Cl)ccc1Oc1nccc2sccc12. The van der Waals surface area contributed by atoms with Crippen molar-refractivity contribution in [2.45, 2.75) is 0 Å². The minimum Gasteiger partial charge on any atom is -0.478 e. The predicted octanol–water partition coefficient (Wildman–Crippen LogP) is 4.44. The van der Waals surface area contributed by atoms with Crippen LogP contribution < -0.4 is 4.74 Å². The number of ether oxygens (including phenoxy) is 1. The zero-order valence-corrected chi connectivity index (χ0v) is 11.6. The lowest BCUT2D eigenvalue weighted by Crippen LogP contribution is -2.00. The molecule has 0 amide bonds. The van der Waals surface area contributed by atoms with E-state index in [9.17, 15) is 9.90 Å². The van der Waals surface area contributed by atoms with Gasteiger partial charge in [0.05, 0.1) is 5.39 Å². The van der Waals surface area contributed by atoms with E-state index in [1.165, 1.54) is 12.1 Å². The van der Waals surface area contributed by atoms with Gasteiger partial charge in [-0.3, -0.25) is 0 Å². The molecule has 100 valence electrons. The highest BCUT2D eigenvalue weighted by Gasteiger charge is 2.14. The molecule has 0 aliphatic carbocycles. The van der Waals surface area contributed by atoms with Gasteiger partial charge >= 0.3 is 5.97 Å². The lowest BCUT2D eigenvalue weighted by Gasteiger charge is -2.09. The van der Waals surface area contributed by atoms with E-state index in [0.29, 0.717) is 10.9 Å². The van der Waals surface area contributed by atoms with Crippen LogP contribution in [0.15, 0.2) is 41.9 Å². The van der Waals surface area contributed by atoms with Crippen LogP contribution in [0.5, 0.6) is 11.6 Å². The summed E-state index contributed by atoms with van der Waals surface area (Å²) < 4.78 is 6.68. The highest BCUT2D eigenvalue weighted by molar-refractivity contribution is 7.17. The quantitative estimate of drug-likeness (QED) is 0.777. The van der Waals surface area contributed by atoms with Crippen molar-refractivity contribution in [1.82, 2.24) is 4.98 Å². The zero-order valence-electron chi connectivity index (χ0n) is 10.0. The van der Waals surface area contributed by atoms with Gasteiger partial charge in [-0.2, -0.15) is 0 Å². The summed E-state index contributed by atoms with van der Waals surface area (Å²) in [6.07, 6.45) is 1.63. The third-order valence-corrected chi connectivity index (χ3v) is 3.84. The molecule has 0 fully saturated rings. The van der Waals surface area contributed by atoms with Gasteiger partial charge in [0, 0.05) is 15.9 Å². The van der Waals surface area contributed by atoms with Crippen molar-refractivity contribution in [2.24, 2.45) is 0 Å². The summed E-state index contributed by atoms with van der Waals surface area (Å²) in [7, 11) is 0. The summed E-state index contributed by atoms with van der Waals surface area (Å²) in [5.41, 5.74) is 0.00605. The smallest absolute Gasteiger partial charge is 0.339 e. The fourth-order valence-electron chi connectivity index (χ4n) is 1.81. The fourth-order valence-corrected chi connectivity index (χ4v) is 2.76. The van der Waals surface area contributed by atoms with E-state index in [2.05, 4.69) is 4.98 Å². The van der Waals surface area contributed by atoms with Gasteiger partial charge in [-0.1, -0.05) is 11.6 Å². The minimum absolute atomic E-state index is 0.00605. The van der Waals surface area contributed by atoms with E-state index < -0.39 is 5.97 Å². The molecule has 1 N–H and O–H groups in total. The van der Waals surface area contributed by atoms with Crippen molar-refractivity contribution >= 4 is 39.0 Å². The molecular weight excluding hydrogens is 298 g/mol. The third-order valence-electron chi connectivity index (χ3n) is 2.72. The molecule has 3 rings (SSSR count). The van der Waals surface area contributed by atoms with Crippen LogP contribution in [0, 0.1) is 0 Å². The number of aromatic nitrogens is 1. The number of thiophene rings is 1. The standard InChI is InChI=1S/C14H8ClNO3S/c15-8-1-2-11(10(7-8)14(17)18)19-13-9-4-6-20-12(9)3-5-16-13/h1-7H,(H,17,18). The Labute approximate surface area is 123 Å². The number of nitrogens with zero attached hydrogens (tertiary/aromatic N) is 1. The van der Waals surface area contributed by atoms with Crippen LogP contribution in [0.3, 0.4) is 0 Å². The molecule has 0 radical (unpaired) electrons. The van der Waals surface area contributed by atoms with Crippen LogP contribution in [0.1, 0.15) is 10.4 Å². The molecule has 0 atom stereocenters.